The van der Waals surface area contributed by atoms with Crippen LogP contribution in [-0.4, -0.2) is 16.9 Å². The highest BCUT2D eigenvalue weighted by Gasteiger charge is 2.41. The number of hydrogen-bond acceptors (Lipinski definition) is 5. The van der Waals surface area contributed by atoms with Crippen LogP contribution in [0.4, 0.5) is 11.5 Å². The number of fused-ring (bicyclic) bond motifs is 1. The number of nitrogens with zero attached hydrogens (tertiary/aromatic N) is 2. The van der Waals surface area contributed by atoms with Gasteiger partial charge in [0.15, 0.2) is 0 Å². The molecule has 5 rings (SSSR count). The molecule has 2 aromatic heterocycles. The first-order valence-electron chi connectivity index (χ1n) is 9.86. The number of nitrogen functional groups attached to an aromatic ring is 1. The van der Waals surface area contributed by atoms with Crippen molar-refractivity contribution in [3.8, 4) is 11.3 Å². The summed E-state index contributed by atoms with van der Waals surface area (Å²) in [5, 5.41) is 3.37. The first-order valence-corrected chi connectivity index (χ1v) is 9.86. The molecule has 0 aliphatic carbocycles. The normalized spacial score (nSPS) is 15.1. The Morgan fingerprint density at radius 2 is 1.93 bits per heavy atom. The van der Waals surface area contributed by atoms with Crippen molar-refractivity contribution in [2.24, 2.45) is 0 Å². The molecule has 0 fully saturated rings. The number of rotatable bonds is 5. The standard InChI is InChI=1S/C24H20N4O2/c25-18-9-4-8-17(13-18)22-15-28-23(20(26-22)12-16-6-2-1-3-7-16)27-21(24(28)29)14-19-10-5-11-30-19/h1-11,13,15,21H,12,14,25H2/p+1. The lowest BCUT2D eigenvalue weighted by Gasteiger charge is -2.07. The van der Waals surface area contributed by atoms with Crippen LogP contribution in [-0.2, 0) is 12.8 Å². The van der Waals surface area contributed by atoms with Gasteiger partial charge < -0.3 is 10.2 Å². The first kappa shape index (κ1) is 18.1. The topological polar surface area (TPSA) is 85.0 Å². The predicted octanol–water partition coefficient (Wildman–Crippen LogP) is 3.48. The van der Waals surface area contributed by atoms with E-state index in [1.807, 2.05) is 54.6 Å². The number of carbonyl (C=O) groups excluding carboxylic acids is 1. The lowest BCUT2D eigenvalue weighted by Crippen LogP contribution is -2.44. The van der Waals surface area contributed by atoms with E-state index in [0.29, 0.717) is 24.2 Å². The number of hydrogen-bond donors (Lipinski definition) is 2. The molecular formula is C24H21N4O2+. The van der Waals surface area contributed by atoms with Crippen molar-refractivity contribution in [2.75, 3.05) is 11.1 Å². The molecule has 30 heavy (non-hydrogen) atoms. The summed E-state index contributed by atoms with van der Waals surface area (Å²) in [5.74, 6) is 1.47. The highest BCUT2D eigenvalue weighted by Crippen LogP contribution is 2.25. The molecule has 3 N–H and O–H groups in total. The fourth-order valence-electron chi connectivity index (χ4n) is 3.79. The Morgan fingerprint density at radius 3 is 2.70 bits per heavy atom. The largest absolute Gasteiger partial charge is 0.469 e. The summed E-state index contributed by atoms with van der Waals surface area (Å²) >= 11 is 0. The summed E-state index contributed by atoms with van der Waals surface area (Å²) in [4.78, 5) is 18.1. The average Bonchev–Trinajstić information content (AvgIpc) is 3.38. The molecule has 1 unspecified atom stereocenters. The van der Waals surface area contributed by atoms with Gasteiger partial charge >= 0.3 is 11.7 Å². The molecule has 0 saturated carbocycles. The first-order chi connectivity index (χ1) is 14.7. The van der Waals surface area contributed by atoms with Crippen LogP contribution in [0.1, 0.15) is 21.8 Å². The van der Waals surface area contributed by atoms with E-state index >= 15 is 0 Å². The molecule has 4 aromatic rings. The summed E-state index contributed by atoms with van der Waals surface area (Å²) < 4.78 is 7.12. The lowest BCUT2D eigenvalue weighted by molar-refractivity contribution is -0.552. The summed E-state index contributed by atoms with van der Waals surface area (Å²) in [7, 11) is 0. The quantitative estimate of drug-likeness (QED) is 0.398. The molecule has 6 heteroatoms. The van der Waals surface area contributed by atoms with Crippen molar-refractivity contribution in [1.29, 1.82) is 0 Å². The van der Waals surface area contributed by atoms with Gasteiger partial charge in [-0.25, -0.2) is 9.78 Å². The summed E-state index contributed by atoms with van der Waals surface area (Å²) in [6.07, 6.45) is 4.50. The zero-order valence-electron chi connectivity index (χ0n) is 16.3. The van der Waals surface area contributed by atoms with Gasteiger partial charge in [0, 0.05) is 17.7 Å². The van der Waals surface area contributed by atoms with Gasteiger partial charge in [0.1, 0.15) is 23.3 Å². The van der Waals surface area contributed by atoms with E-state index in [4.69, 9.17) is 15.1 Å². The summed E-state index contributed by atoms with van der Waals surface area (Å²) in [6, 6.07) is 21.0. The number of benzene rings is 2. The molecule has 0 spiro atoms. The van der Waals surface area contributed by atoms with Crippen LogP contribution in [0.2, 0.25) is 0 Å². The smallest absolute Gasteiger partial charge is 0.359 e. The third-order valence-corrected chi connectivity index (χ3v) is 5.25. The number of nitrogens with two attached hydrogens (primary N) is 1. The molecule has 1 atom stereocenters. The van der Waals surface area contributed by atoms with Gasteiger partial charge in [0.05, 0.1) is 12.7 Å². The predicted molar refractivity (Wildman–Crippen MR) is 114 cm³/mol. The average molecular weight is 397 g/mol. The Bertz CT molecular complexity index is 1200. The fraction of sp³-hybridized carbons (Fsp3) is 0.125. The molecule has 6 nitrogen and oxygen atoms in total. The van der Waals surface area contributed by atoms with Gasteiger partial charge in [0.25, 0.3) is 0 Å². The number of carbonyl (C=O) groups is 1. The van der Waals surface area contributed by atoms with Crippen LogP contribution < -0.4 is 15.6 Å². The van der Waals surface area contributed by atoms with E-state index in [-0.39, 0.29) is 5.91 Å². The van der Waals surface area contributed by atoms with Gasteiger partial charge in [-0.3, -0.25) is 5.32 Å². The van der Waals surface area contributed by atoms with Crippen LogP contribution in [0, 0.1) is 0 Å². The number of aromatic nitrogens is 2. The Balaban J connectivity index is 1.57. The zero-order chi connectivity index (χ0) is 20.5. The van der Waals surface area contributed by atoms with Gasteiger partial charge in [-0.15, -0.1) is 0 Å². The maximum absolute atomic E-state index is 13.2. The molecule has 0 saturated heterocycles. The highest BCUT2D eigenvalue weighted by molar-refractivity contribution is 5.82. The van der Waals surface area contributed by atoms with E-state index in [9.17, 15) is 4.79 Å². The third kappa shape index (κ3) is 3.43. The molecule has 2 aromatic carbocycles. The van der Waals surface area contributed by atoms with Crippen molar-refractivity contribution in [2.45, 2.75) is 18.9 Å². The second-order valence-electron chi connectivity index (χ2n) is 7.40. The van der Waals surface area contributed by atoms with Gasteiger partial charge in [-0.1, -0.05) is 42.5 Å². The summed E-state index contributed by atoms with van der Waals surface area (Å²) in [6.45, 7) is 0. The maximum Gasteiger partial charge on any atom is 0.359 e. The Morgan fingerprint density at radius 1 is 1.07 bits per heavy atom. The molecule has 1 aliphatic rings. The molecule has 0 amide bonds. The monoisotopic (exact) mass is 397 g/mol. The second-order valence-corrected chi connectivity index (χ2v) is 7.40. The van der Waals surface area contributed by atoms with E-state index in [0.717, 1.165) is 28.4 Å². The van der Waals surface area contributed by atoms with Crippen molar-refractivity contribution in [3.63, 3.8) is 0 Å². The molecule has 148 valence electrons. The van der Waals surface area contributed by atoms with Gasteiger partial charge in [0.2, 0.25) is 6.04 Å². The number of nitrogens with one attached hydrogen (secondary N) is 1. The van der Waals surface area contributed by atoms with Crippen LogP contribution in [0.5, 0.6) is 0 Å². The Kier molecular flexibility index (Phi) is 4.52. The van der Waals surface area contributed by atoms with E-state index in [1.165, 1.54) is 0 Å². The van der Waals surface area contributed by atoms with Crippen LogP contribution in [0.15, 0.2) is 83.6 Å². The minimum absolute atomic E-state index is 0.0248. The summed E-state index contributed by atoms with van der Waals surface area (Å²) in [5.41, 5.74) is 10.2. The number of anilines is 2. The Labute approximate surface area is 174 Å². The third-order valence-electron chi connectivity index (χ3n) is 5.25. The van der Waals surface area contributed by atoms with Crippen molar-refractivity contribution >= 4 is 17.4 Å². The molecule has 1 aliphatic heterocycles. The molecule has 0 radical (unpaired) electrons. The highest BCUT2D eigenvalue weighted by atomic mass is 16.3. The van der Waals surface area contributed by atoms with Crippen molar-refractivity contribution in [1.82, 2.24) is 4.98 Å². The van der Waals surface area contributed by atoms with Crippen LogP contribution in [0.3, 0.4) is 0 Å². The van der Waals surface area contributed by atoms with Crippen molar-refractivity contribution < 1.29 is 13.8 Å². The maximum atomic E-state index is 13.2. The molecular weight excluding hydrogens is 376 g/mol. The molecule has 3 heterocycles. The van der Waals surface area contributed by atoms with E-state index in [1.54, 1.807) is 17.0 Å². The van der Waals surface area contributed by atoms with Gasteiger partial charge in [-0.05, 0) is 29.8 Å². The van der Waals surface area contributed by atoms with Crippen molar-refractivity contribution in [3.05, 3.63) is 96.2 Å². The van der Waals surface area contributed by atoms with E-state index < -0.39 is 6.04 Å². The zero-order valence-corrected chi connectivity index (χ0v) is 16.3. The fourth-order valence-corrected chi connectivity index (χ4v) is 3.79. The minimum Gasteiger partial charge on any atom is -0.469 e. The Hall–Kier alpha value is -3.93. The SMILES string of the molecule is Nc1cccc(-c2c[n+]3c(c(Cc4ccccc4)n2)NC(Cc2ccco2)C3=O)c1. The number of furan rings is 1. The van der Waals surface area contributed by atoms with E-state index in [2.05, 4.69) is 17.4 Å². The second kappa shape index (κ2) is 7.48. The minimum atomic E-state index is -0.399. The lowest BCUT2D eigenvalue weighted by atomic mass is 10.1. The van der Waals surface area contributed by atoms with Crippen LogP contribution >= 0.6 is 0 Å². The van der Waals surface area contributed by atoms with Gasteiger partial charge in [-0.2, -0.15) is 4.57 Å². The van der Waals surface area contributed by atoms with Crippen LogP contribution in [0.25, 0.3) is 11.3 Å². The molecule has 0 bridgehead atoms.